The van der Waals surface area contributed by atoms with Crippen LogP contribution in [-0.2, 0) is 4.79 Å². The van der Waals surface area contributed by atoms with E-state index in [0.29, 0.717) is 5.69 Å². The second-order valence-corrected chi connectivity index (χ2v) is 8.49. The van der Waals surface area contributed by atoms with Crippen molar-refractivity contribution in [3.8, 4) is 0 Å². The summed E-state index contributed by atoms with van der Waals surface area (Å²) in [5.74, 6) is -1.59. The predicted molar refractivity (Wildman–Crippen MR) is 120 cm³/mol. The van der Waals surface area contributed by atoms with Crippen molar-refractivity contribution in [1.29, 1.82) is 0 Å². The zero-order valence-electron chi connectivity index (χ0n) is 14.7. The number of anilines is 1. The number of rotatable bonds is 6. The lowest BCUT2D eigenvalue weighted by Crippen LogP contribution is -2.55. The zero-order chi connectivity index (χ0) is 21.4. The van der Waals surface area contributed by atoms with Gasteiger partial charge in [0.2, 0.25) is 9.70 Å². The van der Waals surface area contributed by atoms with Crippen LogP contribution in [0.25, 0.3) is 6.08 Å². The summed E-state index contributed by atoms with van der Waals surface area (Å²) < 4.78 is -1.91. The normalized spacial score (nSPS) is 12.2. The fourth-order valence-electron chi connectivity index (χ4n) is 2.15. The van der Waals surface area contributed by atoms with Gasteiger partial charge in [0.15, 0.2) is 5.11 Å². The predicted octanol–water partition coefficient (Wildman–Crippen LogP) is 4.20. The maximum absolute atomic E-state index is 12.2. The first kappa shape index (κ1) is 23.0. The first-order chi connectivity index (χ1) is 13.6. The van der Waals surface area contributed by atoms with Crippen molar-refractivity contribution in [3.63, 3.8) is 0 Å². The molecular weight excluding hydrogens is 457 g/mol. The quantitative estimate of drug-likeness (QED) is 0.218. The van der Waals surface area contributed by atoms with E-state index < -0.39 is 21.8 Å². The van der Waals surface area contributed by atoms with Crippen molar-refractivity contribution in [2.24, 2.45) is 0 Å². The van der Waals surface area contributed by atoms with E-state index in [9.17, 15) is 9.59 Å². The van der Waals surface area contributed by atoms with Gasteiger partial charge in [0.05, 0.1) is 5.56 Å². The van der Waals surface area contributed by atoms with E-state index in [1.54, 1.807) is 18.2 Å². The highest BCUT2D eigenvalue weighted by Crippen LogP contribution is 2.29. The van der Waals surface area contributed by atoms with Gasteiger partial charge in [-0.1, -0.05) is 71.2 Å². The molecule has 0 bridgehead atoms. The van der Waals surface area contributed by atoms with Crippen LogP contribution in [0.3, 0.4) is 0 Å². The third kappa shape index (κ3) is 7.91. The van der Waals surface area contributed by atoms with Crippen LogP contribution in [0.1, 0.15) is 15.9 Å². The number of hydrogen-bond acceptors (Lipinski definition) is 3. The Morgan fingerprint density at radius 3 is 2.34 bits per heavy atom. The summed E-state index contributed by atoms with van der Waals surface area (Å²) in [6.45, 7) is 0. The number of carboxylic acids is 1. The Morgan fingerprint density at radius 1 is 1.03 bits per heavy atom. The molecule has 6 nitrogen and oxygen atoms in total. The van der Waals surface area contributed by atoms with Gasteiger partial charge in [0, 0.05) is 11.8 Å². The molecule has 0 saturated heterocycles. The zero-order valence-corrected chi connectivity index (χ0v) is 17.8. The van der Waals surface area contributed by atoms with Gasteiger partial charge in [-0.2, -0.15) is 0 Å². The smallest absolute Gasteiger partial charge is 0.335 e. The molecule has 1 amide bonds. The lowest BCUT2D eigenvalue weighted by Gasteiger charge is -2.27. The van der Waals surface area contributed by atoms with Crippen LogP contribution in [0.4, 0.5) is 5.69 Å². The Bertz CT molecular complexity index is 918. The Labute approximate surface area is 187 Å². The fourth-order valence-corrected chi connectivity index (χ4v) is 2.72. The molecule has 0 saturated carbocycles. The summed E-state index contributed by atoms with van der Waals surface area (Å²) in [5, 5.41) is 17.1. The van der Waals surface area contributed by atoms with Crippen LogP contribution in [0.2, 0.25) is 0 Å². The van der Waals surface area contributed by atoms with E-state index >= 15 is 0 Å². The number of hydrogen-bond donors (Lipinski definition) is 4. The molecule has 2 rings (SSSR count). The highest BCUT2D eigenvalue weighted by Gasteiger charge is 2.34. The standard InChI is InChI=1S/C19H16Cl3N3O3S/c20-19(21,22)17(24-15(26)10-9-12-5-2-1-3-6-12)25-18(29)23-14-8-4-7-13(11-14)16(27)28/h1-11,17H,(H,24,26)(H,27,28)(H2,23,25,29)/b10-9+/t17-/m0/s1. The second-order valence-electron chi connectivity index (χ2n) is 5.71. The molecule has 0 aliphatic carbocycles. The lowest BCUT2D eigenvalue weighted by molar-refractivity contribution is -0.117. The van der Waals surface area contributed by atoms with E-state index in [0.717, 1.165) is 5.56 Å². The number of benzene rings is 2. The molecular formula is C19H16Cl3N3O3S. The molecule has 152 valence electrons. The second kappa shape index (κ2) is 10.5. The van der Waals surface area contributed by atoms with Gasteiger partial charge in [-0.3, -0.25) is 4.79 Å². The van der Waals surface area contributed by atoms with Gasteiger partial charge >= 0.3 is 5.97 Å². The SMILES string of the molecule is O=C(/C=C/c1ccccc1)N[C@@H](NC(=S)Nc1cccc(C(=O)O)c1)C(Cl)(Cl)Cl. The van der Waals surface area contributed by atoms with E-state index in [4.69, 9.17) is 52.1 Å². The van der Waals surface area contributed by atoms with Crippen LogP contribution < -0.4 is 16.0 Å². The van der Waals surface area contributed by atoms with E-state index in [-0.39, 0.29) is 10.7 Å². The fraction of sp³-hybridized carbons (Fsp3) is 0.105. The summed E-state index contributed by atoms with van der Waals surface area (Å²) in [4.78, 5) is 23.2. The van der Waals surface area contributed by atoms with Crippen molar-refractivity contribution >= 4 is 75.8 Å². The molecule has 10 heteroatoms. The average Bonchev–Trinajstić information content (AvgIpc) is 2.66. The molecule has 2 aromatic rings. The van der Waals surface area contributed by atoms with Gasteiger partial charge in [-0.25, -0.2) is 4.79 Å². The molecule has 29 heavy (non-hydrogen) atoms. The van der Waals surface area contributed by atoms with Crippen molar-refractivity contribution in [3.05, 3.63) is 71.8 Å². The summed E-state index contributed by atoms with van der Waals surface area (Å²) in [5.41, 5.74) is 1.33. The van der Waals surface area contributed by atoms with Crippen LogP contribution in [0, 0.1) is 0 Å². The lowest BCUT2D eigenvalue weighted by atomic mass is 10.2. The van der Waals surface area contributed by atoms with E-state index in [1.807, 2.05) is 30.3 Å². The maximum atomic E-state index is 12.2. The topological polar surface area (TPSA) is 90.5 Å². The summed E-state index contributed by atoms with van der Waals surface area (Å²) in [7, 11) is 0. The van der Waals surface area contributed by atoms with Crippen LogP contribution in [-0.4, -0.2) is 32.1 Å². The Kier molecular flexibility index (Phi) is 8.28. The number of alkyl halides is 3. The Hall–Kier alpha value is -2.32. The number of nitrogens with one attached hydrogen (secondary N) is 3. The Balaban J connectivity index is 2.02. The van der Waals surface area contributed by atoms with Gasteiger partial charge in [-0.05, 0) is 42.1 Å². The molecule has 4 N–H and O–H groups in total. The number of amides is 1. The third-order valence-corrected chi connectivity index (χ3v) is 4.36. The van der Waals surface area contributed by atoms with Gasteiger partial charge in [-0.15, -0.1) is 0 Å². The largest absolute Gasteiger partial charge is 0.478 e. The average molecular weight is 473 g/mol. The van der Waals surface area contributed by atoms with Crippen LogP contribution in [0.5, 0.6) is 0 Å². The summed E-state index contributed by atoms with van der Waals surface area (Å²) >= 11 is 23.0. The molecule has 0 radical (unpaired) electrons. The molecule has 0 spiro atoms. The third-order valence-electron chi connectivity index (χ3n) is 3.48. The minimum Gasteiger partial charge on any atom is -0.478 e. The molecule has 1 atom stereocenters. The molecule has 0 unspecified atom stereocenters. The molecule has 0 aliphatic rings. The molecule has 2 aromatic carbocycles. The van der Waals surface area contributed by atoms with Gasteiger partial charge in [0.25, 0.3) is 0 Å². The van der Waals surface area contributed by atoms with E-state index in [2.05, 4.69) is 16.0 Å². The summed E-state index contributed by atoms with van der Waals surface area (Å²) in [6.07, 6.45) is 1.76. The van der Waals surface area contributed by atoms with Crippen molar-refractivity contribution in [2.45, 2.75) is 9.96 Å². The van der Waals surface area contributed by atoms with Crippen LogP contribution >= 0.6 is 47.0 Å². The number of carbonyl (C=O) groups excluding carboxylic acids is 1. The van der Waals surface area contributed by atoms with Crippen molar-refractivity contribution in [2.75, 3.05) is 5.32 Å². The van der Waals surface area contributed by atoms with E-state index in [1.165, 1.54) is 18.2 Å². The number of aromatic carboxylic acids is 1. The Morgan fingerprint density at radius 2 is 1.72 bits per heavy atom. The number of halogens is 3. The number of thiocarbonyl (C=S) groups is 1. The maximum Gasteiger partial charge on any atom is 0.335 e. The minimum atomic E-state index is -1.91. The van der Waals surface area contributed by atoms with Crippen molar-refractivity contribution < 1.29 is 14.7 Å². The van der Waals surface area contributed by atoms with Gasteiger partial charge in [0.1, 0.15) is 6.17 Å². The highest BCUT2D eigenvalue weighted by atomic mass is 35.6. The molecule has 0 aliphatic heterocycles. The summed E-state index contributed by atoms with van der Waals surface area (Å²) in [6, 6.07) is 15.2. The molecule has 0 aromatic heterocycles. The van der Waals surface area contributed by atoms with Gasteiger partial charge < -0.3 is 21.1 Å². The minimum absolute atomic E-state index is 0.0243. The number of carbonyl (C=O) groups is 2. The molecule has 0 fully saturated rings. The first-order valence-corrected chi connectivity index (χ1v) is 9.70. The monoisotopic (exact) mass is 471 g/mol. The number of carboxylic acid groups (broad SMARTS) is 1. The van der Waals surface area contributed by atoms with Crippen LogP contribution in [0.15, 0.2) is 60.7 Å². The highest BCUT2D eigenvalue weighted by molar-refractivity contribution is 7.80. The molecule has 0 heterocycles. The van der Waals surface area contributed by atoms with Crippen molar-refractivity contribution in [1.82, 2.24) is 10.6 Å². The first-order valence-electron chi connectivity index (χ1n) is 8.16.